The summed E-state index contributed by atoms with van der Waals surface area (Å²) in [5.74, 6) is 2.27. The van der Waals surface area contributed by atoms with E-state index in [0.717, 1.165) is 18.3 Å². The quantitative estimate of drug-likeness (QED) is 0.111. The van der Waals surface area contributed by atoms with Gasteiger partial charge in [-0.25, -0.2) is 9.32 Å². The SMILES string of the molecule is CN(C)C(=N)N(C)C.CN(C)C(=[N-])N(C)C.CO[Si](C)(OC)OC.CO[Si](N=C(N(C)C)N(C)C)(N=C(N(C)C)N(C)C)OC.[CH2-]CCC.[Li+].[Li+]. The van der Waals surface area contributed by atoms with Gasteiger partial charge in [-0.2, -0.15) is 6.42 Å². The average Bonchev–Trinajstić information content (AvgIpc) is 3.04. The van der Waals surface area contributed by atoms with Crippen LogP contribution >= 0.6 is 0 Å². The van der Waals surface area contributed by atoms with Gasteiger partial charge in [0, 0.05) is 133 Å². The Labute approximate surface area is 340 Å². The van der Waals surface area contributed by atoms with Crippen LogP contribution in [0.15, 0.2) is 9.32 Å². The number of unbranched alkanes of at least 4 members (excludes halogenated alkanes) is 1. The summed E-state index contributed by atoms with van der Waals surface area (Å²) < 4.78 is 35.3. The smallest absolute Gasteiger partial charge is 0.432 e. The maximum absolute atomic E-state index is 8.97. The van der Waals surface area contributed by atoms with Crippen LogP contribution < -0.4 is 37.7 Å². The van der Waals surface area contributed by atoms with Gasteiger partial charge in [-0.05, 0) is 28.2 Å². The van der Waals surface area contributed by atoms with E-state index in [-0.39, 0.29) is 43.7 Å². The summed E-state index contributed by atoms with van der Waals surface area (Å²) in [4.78, 5) is 14.4. The Morgan fingerprint density at radius 3 is 0.843 bits per heavy atom. The van der Waals surface area contributed by atoms with Crippen LogP contribution in [-0.2, 0) is 22.1 Å². The second-order valence-electron chi connectivity index (χ2n) is 11.9. The molecule has 51 heavy (non-hydrogen) atoms. The molecule has 0 atom stereocenters. The summed E-state index contributed by atoms with van der Waals surface area (Å²) in [7, 11) is 32.5. The molecular weight excluding hydrogens is 678 g/mol. The van der Waals surface area contributed by atoms with Crippen molar-refractivity contribution in [3.63, 3.8) is 0 Å². The van der Waals surface area contributed by atoms with Crippen LogP contribution in [0.25, 0.3) is 5.41 Å². The Hall–Kier alpha value is -1.49. The first-order chi connectivity index (χ1) is 22.3. The van der Waals surface area contributed by atoms with Crippen LogP contribution in [-0.4, -0.2) is 229 Å². The maximum atomic E-state index is 8.97. The second kappa shape index (κ2) is 35.5. The van der Waals surface area contributed by atoms with Crippen molar-refractivity contribution in [3.05, 3.63) is 12.3 Å². The third-order valence-corrected chi connectivity index (χ3v) is 9.98. The summed E-state index contributed by atoms with van der Waals surface area (Å²) in [6.45, 7) is 7.55. The molecule has 0 amide bonds. The minimum atomic E-state index is -3.11. The average molecular weight is 755 g/mol. The maximum Gasteiger partial charge on any atom is 1.00 e. The van der Waals surface area contributed by atoms with Gasteiger partial charge >= 0.3 is 55.4 Å². The first-order valence-electron chi connectivity index (χ1n) is 15.6. The number of nitrogens with zero attached hydrogens (tertiary/aromatic N) is 11. The molecular formula is C30H76Li2N12O5Si2. The van der Waals surface area contributed by atoms with Crippen LogP contribution in [0.3, 0.4) is 0 Å². The van der Waals surface area contributed by atoms with Gasteiger partial charge in [0.2, 0.25) is 0 Å². The Kier molecular flexibility index (Phi) is 44.9. The van der Waals surface area contributed by atoms with Crippen molar-refractivity contribution in [2.45, 2.75) is 26.3 Å². The topological polar surface area (TPSA) is 143 Å². The predicted octanol–water partition coefficient (Wildman–Crippen LogP) is -4.12. The largest absolute Gasteiger partial charge is 1.00 e. The number of hydrogen-bond acceptors (Lipinski definition) is 8. The number of rotatable bonds is 8. The molecule has 17 nitrogen and oxygen atoms in total. The summed E-state index contributed by atoms with van der Waals surface area (Å²) in [5.41, 5.74) is 0. The van der Waals surface area contributed by atoms with E-state index in [9.17, 15) is 0 Å². The third kappa shape index (κ3) is 32.9. The Bertz CT molecular complexity index is 802. The monoisotopic (exact) mass is 755 g/mol. The van der Waals surface area contributed by atoms with E-state index < -0.39 is 17.7 Å². The van der Waals surface area contributed by atoms with E-state index in [1.165, 1.54) is 6.42 Å². The molecule has 0 aromatic carbocycles. The molecule has 0 spiro atoms. The molecule has 296 valence electrons. The molecule has 0 saturated heterocycles. The molecule has 0 saturated carbocycles. The zero-order chi connectivity index (χ0) is 40.3. The Morgan fingerprint density at radius 2 is 0.784 bits per heavy atom. The molecule has 0 fully saturated rings. The van der Waals surface area contributed by atoms with Gasteiger partial charge in [0.1, 0.15) is 0 Å². The van der Waals surface area contributed by atoms with Gasteiger partial charge in [-0.1, -0.05) is 13.3 Å². The van der Waals surface area contributed by atoms with Crippen molar-refractivity contribution >= 4 is 41.5 Å². The first-order valence-corrected chi connectivity index (χ1v) is 19.5. The number of nitrogens with one attached hydrogen (secondary N) is 1. The van der Waals surface area contributed by atoms with Crippen molar-refractivity contribution < 1.29 is 59.9 Å². The minimum absolute atomic E-state index is 0. The predicted molar refractivity (Wildman–Crippen MR) is 213 cm³/mol. The van der Waals surface area contributed by atoms with E-state index in [4.69, 9.17) is 32.9 Å². The molecule has 0 aromatic heterocycles. The normalized spacial score (nSPS) is 9.57. The Morgan fingerprint density at radius 1 is 0.549 bits per heavy atom. The van der Waals surface area contributed by atoms with E-state index in [2.05, 4.69) is 23.2 Å². The molecule has 0 rings (SSSR count). The van der Waals surface area contributed by atoms with E-state index in [1.807, 2.05) is 111 Å². The van der Waals surface area contributed by atoms with Crippen LogP contribution in [0.2, 0.25) is 6.55 Å². The summed E-state index contributed by atoms with van der Waals surface area (Å²) >= 11 is 0. The van der Waals surface area contributed by atoms with Gasteiger partial charge in [0.05, 0.1) is 0 Å². The second-order valence-corrected chi connectivity index (χ2v) is 17.2. The third-order valence-electron chi connectivity index (χ3n) is 5.73. The van der Waals surface area contributed by atoms with Crippen LogP contribution in [0.1, 0.15) is 19.8 Å². The van der Waals surface area contributed by atoms with Crippen molar-refractivity contribution in [1.82, 2.24) is 39.2 Å². The van der Waals surface area contributed by atoms with Gasteiger partial charge in [-0.15, -0.1) is 0 Å². The number of hydrogen-bond donors (Lipinski definition) is 1. The molecule has 1 N–H and O–H groups in total. The fourth-order valence-corrected chi connectivity index (χ4v) is 5.18. The van der Waals surface area contributed by atoms with Crippen molar-refractivity contribution in [1.29, 1.82) is 5.41 Å². The minimum Gasteiger partial charge on any atom is -0.432 e. The van der Waals surface area contributed by atoms with Crippen LogP contribution in [0.4, 0.5) is 0 Å². The molecule has 0 radical (unpaired) electrons. The van der Waals surface area contributed by atoms with Crippen molar-refractivity contribution in [2.24, 2.45) is 9.32 Å². The molecule has 0 unspecified atom stereocenters. The molecule has 0 aliphatic carbocycles. The molecule has 0 aliphatic rings. The van der Waals surface area contributed by atoms with Gasteiger partial charge in [0.15, 0.2) is 17.9 Å². The summed E-state index contributed by atoms with van der Waals surface area (Å²) in [5, 5.41) is 16.2. The van der Waals surface area contributed by atoms with Crippen molar-refractivity contribution in [2.75, 3.05) is 148 Å². The van der Waals surface area contributed by atoms with E-state index >= 15 is 0 Å². The van der Waals surface area contributed by atoms with Gasteiger partial charge in [-0.3, -0.25) is 5.41 Å². The fourth-order valence-electron chi connectivity index (χ4n) is 2.79. The molecule has 0 aromatic rings. The molecule has 0 aliphatic heterocycles. The fraction of sp³-hybridized carbons (Fsp3) is 0.833. The molecule has 0 bridgehead atoms. The van der Waals surface area contributed by atoms with Crippen LogP contribution in [0, 0.1) is 12.3 Å². The van der Waals surface area contributed by atoms with E-state index in [1.54, 1.807) is 83.3 Å². The summed E-state index contributed by atoms with van der Waals surface area (Å²) in [6.07, 6.45) is 2.28. The summed E-state index contributed by atoms with van der Waals surface area (Å²) in [6, 6.07) is 0. The zero-order valence-electron chi connectivity index (χ0n) is 37.6. The molecule has 21 heteroatoms. The van der Waals surface area contributed by atoms with Crippen molar-refractivity contribution in [3.8, 4) is 0 Å². The van der Waals surface area contributed by atoms with E-state index in [0.29, 0.717) is 5.96 Å². The Balaban J connectivity index is -0.000000107. The van der Waals surface area contributed by atoms with Gasteiger partial charge < -0.3 is 73.7 Å². The van der Waals surface area contributed by atoms with Gasteiger partial charge in [0.25, 0.3) is 0 Å². The zero-order valence-corrected chi connectivity index (χ0v) is 39.6. The molecule has 0 heterocycles. The first kappa shape index (κ1) is 64.5. The number of guanidine groups is 4. The standard InChI is InChI=1S/C12H30N6O2Si.C5H13N3.C5H12N3.C4H12O3Si.C4H9.2Li/c1-15(2)11(16(3)4)13-21(19-9,20-10)14-12(17(5)6)18(7)8;2*1-7(2)5(6)8(3)4;1-5-8(4,6-2)7-3;1-3-4-2;;/h1-10H3;6H,1-4H3;2*1-4H3;1,3-4H2,2H3;;/q;;-1;;-1;2*+1. The van der Waals surface area contributed by atoms with Crippen LogP contribution in [0.5, 0.6) is 0 Å².